The van der Waals surface area contributed by atoms with Crippen LogP contribution >= 0.6 is 0 Å². The summed E-state index contributed by atoms with van der Waals surface area (Å²) in [6.07, 6.45) is 4.94. The summed E-state index contributed by atoms with van der Waals surface area (Å²) in [5.74, 6) is 0.716. The van der Waals surface area contributed by atoms with E-state index in [9.17, 15) is 9.59 Å². The van der Waals surface area contributed by atoms with Gasteiger partial charge in [-0.15, -0.1) is 0 Å². The second-order valence-electron chi connectivity index (χ2n) is 7.76. The van der Waals surface area contributed by atoms with E-state index in [0.717, 1.165) is 12.8 Å². The molecule has 3 rings (SSSR count). The number of amides is 2. The summed E-state index contributed by atoms with van der Waals surface area (Å²) in [5, 5.41) is 3.11. The van der Waals surface area contributed by atoms with E-state index in [1.165, 1.54) is 5.57 Å². The quantitative estimate of drug-likeness (QED) is 0.806. The molecule has 0 spiro atoms. The third-order valence-electron chi connectivity index (χ3n) is 5.20. The molecule has 2 amide bonds. The zero-order valence-corrected chi connectivity index (χ0v) is 13.5. The van der Waals surface area contributed by atoms with Crippen molar-refractivity contribution in [3.63, 3.8) is 0 Å². The maximum atomic E-state index is 12.5. The van der Waals surface area contributed by atoms with Gasteiger partial charge in [0.25, 0.3) is 0 Å². The normalized spacial score (nSPS) is 33.8. The Morgan fingerprint density at radius 2 is 2.00 bits per heavy atom. The molecule has 0 bridgehead atoms. The van der Waals surface area contributed by atoms with E-state index in [2.05, 4.69) is 39.1 Å². The monoisotopic (exact) mass is 290 g/mol. The van der Waals surface area contributed by atoms with Crippen molar-refractivity contribution in [2.45, 2.75) is 59.0 Å². The van der Waals surface area contributed by atoms with Crippen molar-refractivity contribution < 1.29 is 9.59 Å². The maximum absolute atomic E-state index is 12.5. The summed E-state index contributed by atoms with van der Waals surface area (Å²) >= 11 is 0. The van der Waals surface area contributed by atoms with E-state index >= 15 is 0 Å². The van der Waals surface area contributed by atoms with Gasteiger partial charge in [-0.2, -0.15) is 0 Å². The number of rotatable bonds is 4. The molecule has 1 N–H and O–H groups in total. The van der Waals surface area contributed by atoms with Crippen LogP contribution in [0.4, 0.5) is 0 Å². The molecule has 0 aromatic rings. The molecule has 4 heteroatoms. The Balaban J connectivity index is 1.58. The van der Waals surface area contributed by atoms with Crippen LogP contribution in [0.25, 0.3) is 0 Å². The number of nitrogens with one attached hydrogen (secondary N) is 1. The van der Waals surface area contributed by atoms with Crippen molar-refractivity contribution in [2.24, 2.45) is 17.3 Å². The summed E-state index contributed by atoms with van der Waals surface area (Å²) in [4.78, 5) is 26.4. The molecule has 1 saturated heterocycles. The van der Waals surface area contributed by atoms with Crippen molar-refractivity contribution in [1.82, 2.24) is 10.2 Å². The number of hydrogen-bond acceptors (Lipinski definition) is 2. The molecule has 0 unspecified atom stereocenters. The fourth-order valence-electron chi connectivity index (χ4n) is 3.71. The molecule has 1 aliphatic heterocycles. The van der Waals surface area contributed by atoms with Crippen molar-refractivity contribution in [3.8, 4) is 0 Å². The highest BCUT2D eigenvalue weighted by Crippen LogP contribution is 2.59. The minimum absolute atomic E-state index is 0.00866. The Kier molecular flexibility index (Phi) is 3.38. The first-order chi connectivity index (χ1) is 9.80. The molecule has 3 aliphatic rings. The molecule has 1 heterocycles. The van der Waals surface area contributed by atoms with Gasteiger partial charge in [0, 0.05) is 19.0 Å². The van der Waals surface area contributed by atoms with Gasteiger partial charge in [-0.05, 0) is 38.0 Å². The van der Waals surface area contributed by atoms with E-state index in [1.54, 1.807) is 0 Å². The van der Waals surface area contributed by atoms with E-state index in [1.807, 2.05) is 4.90 Å². The number of likely N-dealkylation sites (tertiary alicyclic amines) is 1. The SMILES string of the molecule is CC(C)=C[C@@H]1[C@H](C(=O)N[C@H]2CC(=O)N(C3CC3)C2)C1(C)C. The van der Waals surface area contributed by atoms with E-state index in [0.29, 0.717) is 24.9 Å². The van der Waals surface area contributed by atoms with Crippen LogP contribution in [0.1, 0.15) is 47.0 Å². The van der Waals surface area contributed by atoms with Gasteiger partial charge in [-0.3, -0.25) is 9.59 Å². The highest BCUT2D eigenvalue weighted by molar-refractivity contribution is 5.86. The van der Waals surface area contributed by atoms with Crippen molar-refractivity contribution in [2.75, 3.05) is 6.54 Å². The van der Waals surface area contributed by atoms with Gasteiger partial charge < -0.3 is 10.2 Å². The van der Waals surface area contributed by atoms with Gasteiger partial charge in [-0.25, -0.2) is 0 Å². The highest BCUT2D eigenvalue weighted by Gasteiger charge is 2.60. The molecule has 0 aromatic heterocycles. The smallest absolute Gasteiger partial charge is 0.225 e. The van der Waals surface area contributed by atoms with Crippen molar-refractivity contribution in [1.29, 1.82) is 0 Å². The summed E-state index contributed by atoms with van der Waals surface area (Å²) in [7, 11) is 0. The Labute approximate surface area is 127 Å². The first-order valence-corrected chi connectivity index (χ1v) is 8.05. The molecule has 2 saturated carbocycles. The summed E-state index contributed by atoms with van der Waals surface area (Å²) in [6, 6.07) is 0.463. The van der Waals surface area contributed by atoms with Crippen LogP contribution < -0.4 is 5.32 Å². The predicted molar refractivity (Wildman–Crippen MR) is 81.5 cm³/mol. The fourth-order valence-corrected chi connectivity index (χ4v) is 3.71. The Hall–Kier alpha value is -1.32. The topological polar surface area (TPSA) is 49.4 Å². The first-order valence-electron chi connectivity index (χ1n) is 8.05. The standard InChI is InChI=1S/C17H26N2O2/c1-10(2)7-13-15(17(13,3)4)16(21)18-11-8-14(20)19(9-11)12-5-6-12/h7,11-13,15H,5-6,8-9H2,1-4H3,(H,18,21)/t11-,13+,15+/m0/s1. The number of nitrogens with zero attached hydrogens (tertiary/aromatic N) is 1. The van der Waals surface area contributed by atoms with Crippen LogP contribution in [-0.4, -0.2) is 35.3 Å². The molecule has 3 atom stereocenters. The van der Waals surface area contributed by atoms with Gasteiger partial charge in [-0.1, -0.05) is 25.5 Å². The lowest BCUT2D eigenvalue weighted by molar-refractivity contribution is -0.128. The Morgan fingerprint density at radius 3 is 2.57 bits per heavy atom. The number of allylic oxidation sites excluding steroid dienone is 2. The molecule has 0 aromatic carbocycles. The first kappa shape index (κ1) is 14.6. The van der Waals surface area contributed by atoms with Gasteiger partial charge in [0.05, 0.1) is 12.0 Å². The summed E-state index contributed by atoms with van der Waals surface area (Å²) in [6.45, 7) is 9.16. The maximum Gasteiger partial charge on any atom is 0.225 e. The second-order valence-corrected chi connectivity index (χ2v) is 7.76. The van der Waals surface area contributed by atoms with Gasteiger partial charge in [0.15, 0.2) is 0 Å². The fraction of sp³-hybridized carbons (Fsp3) is 0.765. The van der Waals surface area contributed by atoms with Gasteiger partial charge in [0.1, 0.15) is 0 Å². The molecule has 21 heavy (non-hydrogen) atoms. The van der Waals surface area contributed by atoms with E-state index < -0.39 is 0 Å². The molecule has 4 nitrogen and oxygen atoms in total. The van der Waals surface area contributed by atoms with E-state index in [4.69, 9.17) is 0 Å². The lowest BCUT2D eigenvalue weighted by Gasteiger charge is -2.16. The van der Waals surface area contributed by atoms with Crippen LogP contribution in [0.15, 0.2) is 11.6 Å². The van der Waals surface area contributed by atoms with Gasteiger partial charge in [0.2, 0.25) is 11.8 Å². The second kappa shape index (κ2) is 4.85. The Bertz CT molecular complexity index is 501. The summed E-state index contributed by atoms with van der Waals surface area (Å²) in [5.41, 5.74) is 1.31. The third-order valence-corrected chi connectivity index (χ3v) is 5.20. The minimum Gasteiger partial charge on any atom is -0.351 e. The molecular formula is C17H26N2O2. The van der Waals surface area contributed by atoms with E-state index in [-0.39, 0.29) is 29.2 Å². The van der Waals surface area contributed by atoms with Gasteiger partial charge >= 0.3 is 0 Å². The zero-order chi connectivity index (χ0) is 15.4. The number of carbonyl (C=O) groups is 2. The largest absolute Gasteiger partial charge is 0.351 e. The number of hydrogen-bond donors (Lipinski definition) is 1. The van der Waals surface area contributed by atoms with Crippen LogP contribution in [0.3, 0.4) is 0 Å². The molecular weight excluding hydrogens is 264 g/mol. The third kappa shape index (κ3) is 2.72. The Morgan fingerprint density at radius 1 is 1.33 bits per heavy atom. The average Bonchev–Trinajstić information content (AvgIpc) is 3.22. The highest BCUT2D eigenvalue weighted by atomic mass is 16.2. The minimum atomic E-state index is 0.00866. The molecule has 0 radical (unpaired) electrons. The lowest BCUT2D eigenvalue weighted by atomic mass is 10.1. The van der Waals surface area contributed by atoms with Crippen LogP contribution in [0.2, 0.25) is 0 Å². The van der Waals surface area contributed by atoms with Crippen molar-refractivity contribution in [3.05, 3.63) is 11.6 Å². The predicted octanol–water partition coefficient (Wildman–Crippen LogP) is 2.10. The van der Waals surface area contributed by atoms with Crippen LogP contribution in [0, 0.1) is 17.3 Å². The lowest BCUT2D eigenvalue weighted by Crippen LogP contribution is -2.39. The average molecular weight is 290 g/mol. The molecule has 3 fully saturated rings. The molecule has 2 aliphatic carbocycles. The summed E-state index contributed by atoms with van der Waals surface area (Å²) < 4.78 is 0. The van der Waals surface area contributed by atoms with Crippen LogP contribution in [0.5, 0.6) is 0 Å². The zero-order valence-electron chi connectivity index (χ0n) is 13.5. The number of carbonyl (C=O) groups excluding carboxylic acids is 2. The van der Waals surface area contributed by atoms with Crippen LogP contribution in [-0.2, 0) is 9.59 Å². The van der Waals surface area contributed by atoms with Crippen molar-refractivity contribution >= 4 is 11.8 Å². The molecule has 116 valence electrons.